The van der Waals surface area contributed by atoms with E-state index in [0.29, 0.717) is 0 Å². The second-order valence-corrected chi connectivity index (χ2v) is 15.0. The van der Waals surface area contributed by atoms with Crippen LogP contribution in [0.4, 0.5) is 34.1 Å². The maximum Gasteiger partial charge on any atom is 0.152 e. The van der Waals surface area contributed by atoms with E-state index in [-0.39, 0.29) is 5.41 Å². The van der Waals surface area contributed by atoms with Gasteiger partial charge in [-0.15, -0.1) is 0 Å². The highest BCUT2D eigenvalue weighted by molar-refractivity contribution is 6.07. The van der Waals surface area contributed by atoms with Crippen LogP contribution >= 0.6 is 0 Å². The van der Waals surface area contributed by atoms with E-state index in [0.717, 1.165) is 51.1 Å². The minimum Gasteiger partial charge on any atom is -0.453 e. The molecule has 0 bridgehead atoms. The molecule has 54 heavy (non-hydrogen) atoms. The normalized spacial score (nSPS) is 13.6. The van der Waals surface area contributed by atoms with Crippen molar-refractivity contribution < 1.29 is 4.74 Å². The van der Waals surface area contributed by atoms with Gasteiger partial charge in [0, 0.05) is 27.6 Å². The first-order valence-electron chi connectivity index (χ1n) is 18.7. The molecule has 0 radical (unpaired) electrons. The van der Waals surface area contributed by atoms with Crippen molar-refractivity contribution >= 4 is 66.4 Å². The van der Waals surface area contributed by atoms with Gasteiger partial charge in [-0.25, -0.2) is 0 Å². The fraction of sp³-hybridized carbons (Fsp3) is 0.0588. The van der Waals surface area contributed by atoms with Gasteiger partial charge in [-0.3, -0.25) is 0 Å². The van der Waals surface area contributed by atoms with Crippen LogP contribution in [0, 0.1) is 0 Å². The second-order valence-electron chi connectivity index (χ2n) is 15.0. The first kappa shape index (κ1) is 30.8. The van der Waals surface area contributed by atoms with E-state index < -0.39 is 0 Å². The van der Waals surface area contributed by atoms with Gasteiger partial charge in [0.25, 0.3) is 0 Å². The van der Waals surface area contributed by atoms with Crippen molar-refractivity contribution in [2.24, 2.45) is 0 Å². The molecule has 0 N–H and O–H groups in total. The molecule has 9 aromatic carbocycles. The highest BCUT2D eigenvalue weighted by Gasteiger charge is 2.42. The summed E-state index contributed by atoms with van der Waals surface area (Å²) in [5.74, 6) is 1.74. The third-order valence-electron chi connectivity index (χ3n) is 11.5. The maximum atomic E-state index is 6.96. The summed E-state index contributed by atoms with van der Waals surface area (Å²) in [6, 6.07) is 66.0. The average Bonchev–Trinajstić information content (AvgIpc) is 3.22. The summed E-state index contributed by atoms with van der Waals surface area (Å²) in [7, 11) is 0. The average molecular weight is 693 g/mol. The molecule has 0 amide bonds. The fourth-order valence-corrected chi connectivity index (χ4v) is 8.89. The Labute approximate surface area is 314 Å². The molecule has 0 fully saturated rings. The molecule has 11 rings (SSSR count). The van der Waals surface area contributed by atoms with E-state index in [1.807, 2.05) is 0 Å². The molecule has 0 spiro atoms. The zero-order valence-electron chi connectivity index (χ0n) is 30.1. The molecular weight excluding hydrogens is 657 g/mol. The monoisotopic (exact) mass is 692 g/mol. The Hall–Kier alpha value is -6.84. The molecule has 9 aromatic rings. The number of ether oxygens (including phenoxy) is 1. The number of hydrogen-bond donors (Lipinski definition) is 0. The molecule has 0 atom stereocenters. The van der Waals surface area contributed by atoms with E-state index in [2.05, 4.69) is 206 Å². The van der Waals surface area contributed by atoms with Crippen LogP contribution in [0.15, 0.2) is 182 Å². The molecule has 0 aromatic heterocycles. The van der Waals surface area contributed by atoms with Crippen LogP contribution < -0.4 is 14.5 Å². The maximum absolute atomic E-state index is 6.96. The third kappa shape index (κ3) is 4.55. The highest BCUT2D eigenvalue weighted by atomic mass is 16.5. The number of hydrogen-bond acceptors (Lipinski definition) is 3. The van der Waals surface area contributed by atoms with Crippen LogP contribution in [-0.2, 0) is 5.41 Å². The number of para-hydroxylation sites is 1. The summed E-state index contributed by atoms with van der Waals surface area (Å²) < 4.78 is 6.96. The third-order valence-corrected chi connectivity index (χ3v) is 11.5. The standard InChI is InChI=1S/C51H36N2O/c1-51(2)43-22-9-10-23-46(43)53-49-42-21-8-6-15-35(42)26-28-47(49)54-48-32-38(31-44(51)50(48)53)37-18-11-19-39(30-37)52(40-27-25-33-13-3-4-16-36(33)29-40)45-24-12-17-34-14-5-7-20-41(34)45/h3-32H,1-2H3. The van der Waals surface area contributed by atoms with Crippen LogP contribution in [0.1, 0.15) is 25.0 Å². The first-order chi connectivity index (χ1) is 26.5. The van der Waals surface area contributed by atoms with Gasteiger partial charge in [-0.05, 0) is 98.4 Å². The summed E-state index contributed by atoms with van der Waals surface area (Å²) in [5, 5.41) is 7.23. The Morgan fingerprint density at radius 3 is 1.98 bits per heavy atom. The van der Waals surface area contributed by atoms with E-state index >= 15 is 0 Å². The van der Waals surface area contributed by atoms with Crippen LogP contribution in [-0.4, -0.2) is 0 Å². The molecule has 0 unspecified atom stereocenters. The van der Waals surface area contributed by atoms with E-state index in [1.54, 1.807) is 0 Å². The lowest BCUT2D eigenvalue weighted by Crippen LogP contribution is -2.32. The number of anilines is 6. The summed E-state index contributed by atoms with van der Waals surface area (Å²) in [6.45, 7) is 4.69. The summed E-state index contributed by atoms with van der Waals surface area (Å²) in [6.07, 6.45) is 0. The van der Waals surface area contributed by atoms with Crippen molar-refractivity contribution in [1.82, 2.24) is 0 Å². The van der Waals surface area contributed by atoms with Gasteiger partial charge in [-0.1, -0.05) is 141 Å². The van der Waals surface area contributed by atoms with E-state index in [1.165, 1.54) is 49.1 Å². The molecule has 0 saturated carbocycles. The van der Waals surface area contributed by atoms with Gasteiger partial charge in [0.15, 0.2) is 11.5 Å². The summed E-state index contributed by atoms with van der Waals surface area (Å²) in [5.41, 5.74) is 11.3. The van der Waals surface area contributed by atoms with Gasteiger partial charge in [0.2, 0.25) is 0 Å². The number of benzene rings is 9. The quantitative estimate of drug-likeness (QED) is 0.183. The predicted molar refractivity (Wildman–Crippen MR) is 226 cm³/mol. The lowest BCUT2D eigenvalue weighted by atomic mass is 9.72. The van der Waals surface area contributed by atoms with Gasteiger partial charge in [-0.2, -0.15) is 0 Å². The largest absolute Gasteiger partial charge is 0.453 e. The van der Waals surface area contributed by atoms with Crippen molar-refractivity contribution in [3.05, 3.63) is 193 Å². The molecule has 3 nitrogen and oxygen atoms in total. The molecular formula is C51H36N2O. The van der Waals surface area contributed by atoms with Crippen molar-refractivity contribution in [1.29, 1.82) is 0 Å². The SMILES string of the molecule is CC1(C)c2ccccc2N2c3c(cc(-c4cccc(N(c5ccc6ccccc6c5)c5cccc6ccccc56)c4)cc31)Oc1ccc3ccccc3c12. The molecule has 2 aliphatic rings. The Balaban J connectivity index is 1.12. The van der Waals surface area contributed by atoms with Crippen LogP contribution in [0.5, 0.6) is 11.5 Å². The van der Waals surface area contributed by atoms with Crippen LogP contribution in [0.2, 0.25) is 0 Å². The zero-order valence-corrected chi connectivity index (χ0v) is 30.1. The minimum absolute atomic E-state index is 0.268. The van der Waals surface area contributed by atoms with Gasteiger partial charge in [0.05, 0.1) is 22.7 Å². The Kier molecular flexibility index (Phi) is 6.60. The predicted octanol–water partition coefficient (Wildman–Crippen LogP) is 14.5. The van der Waals surface area contributed by atoms with Crippen LogP contribution in [0.25, 0.3) is 43.4 Å². The second kappa shape index (κ2) is 11.6. The Bertz CT molecular complexity index is 2970. The van der Waals surface area contributed by atoms with Gasteiger partial charge in [0.1, 0.15) is 0 Å². The van der Waals surface area contributed by atoms with Gasteiger partial charge < -0.3 is 14.5 Å². The minimum atomic E-state index is -0.268. The number of fused-ring (bicyclic) bond motifs is 8. The van der Waals surface area contributed by atoms with Crippen molar-refractivity contribution in [3.8, 4) is 22.6 Å². The smallest absolute Gasteiger partial charge is 0.152 e. The lowest BCUT2D eigenvalue weighted by Gasteiger charge is -2.45. The molecule has 3 heteroatoms. The molecule has 256 valence electrons. The Morgan fingerprint density at radius 1 is 0.444 bits per heavy atom. The summed E-state index contributed by atoms with van der Waals surface area (Å²) >= 11 is 0. The van der Waals surface area contributed by atoms with E-state index in [4.69, 9.17) is 4.74 Å². The van der Waals surface area contributed by atoms with Crippen molar-refractivity contribution in [2.75, 3.05) is 9.80 Å². The van der Waals surface area contributed by atoms with Crippen molar-refractivity contribution in [3.63, 3.8) is 0 Å². The van der Waals surface area contributed by atoms with Crippen molar-refractivity contribution in [2.45, 2.75) is 19.3 Å². The van der Waals surface area contributed by atoms with Gasteiger partial charge >= 0.3 is 0 Å². The zero-order chi connectivity index (χ0) is 36.0. The van der Waals surface area contributed by atoms with Crippen LogP contribution in [0.3, 0.4) is 0 Å². The topological polar surface area (TPSA) is 15.7 Å². The lowest BCUT2D eigenvalue weighted by molar-refractivity contribution is 0.472. The molecule has 0 saturated heterocycles. The Morgan fingerprint density at radius 2 is 1.11 bits per heavy atom. The van der Waals surface area contributed by atoms with E-state index in [9.17, 15) is 0 Å². The fourth-order valence-electron chi connectivity index (χ4n) is 8.89. The number of nitrogens with zero attached hydrogens (tertiary/aromatic N) is 2. The molecule has 2 heterocycles. The molecule has 0 aliphatic carbocycles. The number of rotatable bonds is 4. The first-order valence-corrected chi connectivity index (χ1v) is 18.7. The molecule has 2 aliphatic heterocycles. The summed E-state index contributed by atoms with van der Waals surface area (Å²) in [4.78, 5) is 4.86. The highest BCUT2D eigenvalue weighted by Crippen LogP contribution is 2.62.